The molecule has 0 saturated heterocycles. The van der Waals surface area contributed by atoms with Gasteiger partial charge in [-0.2, -0.15) is 0 Å². The van der Waals surface area contributed by atoms with E-state index in [1.165, 1.54) is 6.20 Å². The highest BCUT2D eigenvalue weighted by molar-refractivity contribution is 5.91. The molecule has 1 aromatic heterocycles. The number of nitrogens with zero attached hydrogens (tertiary/aromatic N) is 2. The molecule has 0 bridgehead atoms. The zero-order valence-electron chi connectivity index (χ0n) is 9.30. The van der Waals surface area contributed by atoms with Crippen LogP contribution in [-0.2, 0) is 0 Å². The van der Waals surface area contributed by atoms with Crippen molar-refractivity contribution in [2.45, 2.75) is 18.9 Å². The second-order valence-electron chi connectivity index (χ2n) is 4.02. The summed E-state index contributed by atoms with van der Waals surface area (Å²) in [5.41, 5.74) is 0.734. The van der Waals surface area contributed by atoms with Gasteiger partial charge in [0, 0.05) is 20.3 Å². The molecule has 0 aromatic carbocycles. The van der Waals surface area contributed by atoms with Gasteiger partial charge < -0.3 is 14.7 Å². The van der Waals surface area contributed by atoms with Crippen LogP contribution in [0.15, 0.2) is 12.3 Å². The van der Waals surface area contributed by atoms with Gasteiger partial charge >= 0.3 is 5.97 Å². The standard InChI is InChI=1S/C11H14N2O3/c1-13(2)8-5-6-12-9(11(14)15)10(8)16-7-3-4-7/h5-7H,3-4H2,1-2H3,(H,14,15). The van der Waals surface area contributed by atoms with E-state index in [9.17, 15) is 4.79 Å². The number of rotatable bonds is 4. The van der Waals surface area contributed by atoms with Crippen LogP contribution in [0.4, 0.5) is 5.69 Å². The lowest BCUT2D eigenvalue weighted by molar-refractivity contribution is 0.0685. The summed E-state index contributed by atoms with van der Waals surface area (Å²) in [5, 5.41) is 9.04. The molecule has 2 rings (SSSR count). The molecular formula is C11H14N2O3. The van der Waals surface area contributed by atoms with Gasteiger partial charge in [-0.3, -0.25) is 0 Å². The number of carbonyl (C=O) groups is 1. The van der Waals surface area contributed by atoms with Crippen molar-refractivity contribution in [2.24, 2.45) is 0 Å². The third kappa shape index (κ3) is 2.08. The Bertz CT molecular complexity index is 414. The molecule has 0 atom stereocenters. The number of hydrogen-bond acceptors (Lipinski definition) is 4. The Kier molecular flexibility index (Phi) is 2.68. The molecular weight excluding hydrogens is 208 g/mol. The van der Waals surface area contributed by atoms with Crippen molar-refractivity contribution in [3.8, 4) is 5.75 Å². The fraction of sp³-hybridized carbons (Fsp3) is 0.455. The Morgan fingerprint density at radius 3 is 2.75 bits per heavy atom. The van der Waals surface area contributed by atoms with E-state index in [2.05, 4.69) is 4.98 Å². The molecule has 0 aliphatic heterocycles. The third-order valence-corrected chi connectivity index (χ3v) is 2.38. The van der Waals surface area contributed by atoms with E-state index in [1.807, 2.05) is 19.0 Å². The van der Waals surface area contributed by atoms with E-state index in [4.69, 9.17) is 9.84 Å². The first kappa shape index (κ1) is 10.7. The minimum absolute atomic E-state index is 0.0156. The Labute approximate surface area is 93.7 Å². The van der Waals surface area contributed by atoms with Crippen LogP contribution in [0.3, 0.4) is 0 Å². The summed E-state index contributed by atoms with van der Waals surface area (Å²) in [6.45, 7) is 0. The zero-order chi connectivity index (χ0) is 11.7. The first-order valence-electron chi connectivity index (χ1n) is 5.16. The molecule has 5 heteroatoms. The average Bonchev–Trinajstić information content (AvgIpc) is 3.01. The van der Waals surface area contributed by atoms with Crippen molar-refractivity contribution in [3.05, 3.63) is 18.0 Å². The van der Waals surface area contributed by atoms with E-state index >= 15 is 0 Å². The number of anilines is 1. The molecule has 0 amide bonds. The van der Waals surface area contributed by atoms with Crippen molar-refractivity contribution in [3.63, 3.8) is 0 Å². The summed E-state index contributed by atoms with van der Waals surface area (Å²) in [5.74, 6) is -0.679. The van der Waals surface area contributed by atoms with Crippen LogP contribution in [0.5, 0.6) is 5.75 Å². The molecule has 86 valence electrons. The maximum absolute atomic E-state index is 11.0. The van der Waals surface area contributed by atoms with Gasteiger partial charge in [0.05, 0.1) is 11.8 Å². The van der Waals surface area contributed by atoms with E-state index < -0.39 is 5.97 Å². The number of pyridine rings is 1. The normalized spacial score (nSPS) is 14.6. The smallest absolute Gasteiger partial charge is 0.358 e. The molecule has 0 radical (unpaired) electrons. The first-order chi connectivity index (χ1) is 7.59. The van der Waals surface area contributed by atoms with Gasteiger partial charge in [-0.25, -0.2) is 9.78 Å². The summed E-state index contributed by atoms with van der Waals surface area (Å²) in [7, 11) is 3.70. The summed E-state index contributed by atoms with van der Waals surface area (Å²) in [4.78, 5) is 16.7. The average molecular weight is 222 g/mol. The number of aromatic carboxylic acids is 1. The lowest BCUT2D eigenvalue weighted by Crippen LogP contribution is -2.15. The van der Waals surface area contributed by atoms with Crippen molar-refractivity contribution in [2.75, 3.05) is 19.0 Å². The molecule has 5 nitrogen and oxygen atoms in total. The lowest BCUT2D eigenvalue weighted by Gasteiger charge is -2.18. The fourth-order valence-corrected chi connectivity index (χ4v) is 1.41. The minimum atomic E-state index is -1.06. The van der Waals surface area contributed by atoms with E-state index in [0.717, 1.165) is 18.5 Å². The molecule has 1 aliphatic rings. The molecule has 1 saturated carbocycles. The van der Waals surface area contributed by atoms with Crippen molar-refractivity contribution in [1.29, 1.82) is 0 Å². The summed E-state index contributed by atoms with van der Waals surface area (Å²) < 4.78 is 5.63. The predicted molar refractivity (Wildman–Crippen MR) is 59.2 cm³/mol. The zero-order valence-corrected chi connectivity index (χ0v) is 9.30. The molecule has 0 spiro atoms. The number of carboxylic acid groups (broad SMARTS) is 1. The Hall–Kier alpha value is -1.78. The molecule has 1 aliphatic carbocycles. The van der Waals surface area contributed by atoms with Crippen LogP contribution in [0, 0.1) is 0 Å². The molecule has 1 aromatic rings. The van der Waals surface area contributed by atoms with Crippen LogP contribution in [0.25, 0.3) is 0 Å². The maximum Gasteiger partial charge on any atom is 0.358 e. The Morgan fingerprint density at radius 2 is 2.25 bits per heavy atom. The van der Waals surface area contributed by atoms with Gasteiger partial charge in [0.1, 0.15) is 0 Å². The van der Waals surface area contributed by atoms with Crippen molar-refractivity contribution < 1.29 is 14.6 Å². The third-order valence-electron chi connectivity index (χ3n) is 2.38. The second-order valence-corrected chi connectivity index (χ2v) is 4.02. The predicted octanol–water partition coefficient (Wildman–Crippen LogP) is 1.39. The largest absolute Gasteiger partial charge is 0.486 e. The van der Waals surface area contributed by atoms with Crippen LogP contribution >= 0.6 is 0 Å². The highest BCUT2D eigenvalue weighted by Gasteiger charge is 2.28. The number of hydrogen-bond donors (Lipinski definition) is 1. The highest BCUT2D eigenvalue weighted by atomic mass is 16.5. The quantitative estimate of drug-likeness (QED) is 0.834. The number of carboxylic acids is 1. The summed E-state index contributed by atoms with van der Waals surface area (Å²) >= 11 is 0. The lowest BCUT2D eigenvalue weighted by atomic mass is 10.2. The molecule has 1 heterocycles. The molecule has 1 N–H and O–H groups in total. The van der Waals surface area contributed by atoms with Crippen LogP contribution in [0.1, 0.15) is 23.3 Å². The van der Waals surface area contributed by atoms with Gasteiger partial charge in [0.15, 0.2) is 11.4 Å². The van der Waals surface area contributed by atoms with E-state index in [0.29, 0.717) is 5.75 Å². The monoisotopic (exact) mass is 222 g/mol. The summed E-state index contributed by atoms with van der Waals surface area (Å²) in [6, 6.07) is 1.75. The Balaban J connectivity index is 2.42. The van der Waals surface area contributed by atoms with Gasteiger partial charge in [0.25, 0.3) is 0 Å². The van der Waals surface area contributed by atoms with E-state index in [1.54, 1.807) is 6.07 Å². The molecule has 0 unspecified atom stereocenters. The van der Waals surface area contributed by atoms with Gasteiger partial charge in [-0.05, 0) is 18.9 Å². The van der Waals surface area contributed by atoms with E-state index in [-0.39, 0.29) is 11.8 Å². The van der Waals surface area contributed by atoms with Crippen LogP contribution in [-0.4, -0.2) is 36.3 Å². The van der Waals surface area contributed by atoms with Crippen LogP contribution in [0.2, 0.25) is 0 Å². The topological polar surface area (TPSA) is 62.7 Å². The van der Waals surface area contributed by atoms with Gasteiger partial charge in [-0.1, -0.05) is 0 Å². The van der Waals surface area contributed by atoms with Crippen molar-refractivity contribution in [1.82, 2.24) is 4.98 Å². The second kappa shape index (κ2) is 4.00. The summed E-state index contributed by atoms with van der Waals surface area (Å²) in [6.07, 6.45) is 3.61. The minimum Gasteiger partial charge on any atom is -0.486 e. The van der Waals surface area contributed by atoms with Gasteiger partial charge in [0.2, 0.25) is 0 Å². The van der Waals surface area contributed by atoms with Gasteiger partial charge in [-0.15, -0.1) is 0 Å². The highest BCUT2D eigenvalue weighted by Crippen LogP contribution is 2.35. The Morgan fingerprint density at radius 1 is 1.56 bits per heavy atom. The maximum atomic E-state index is 11.0. The fourth-order valence-electron chi connectivity index (χ4n) is 1.41. The molecule has 1 fully saturated rings. The number of aromatic nitrogens is 1. The van der Waals surface area contributed by atoms with Crippen LogP contribution < -0.4 is 9.64 Å². The molecule has 16 heavy (non-hydrogen) atoms. The number of ether oxygens (including phenoxy) is 1. The first-order valence-corrected chi connectivity index (χ1v) is 5.16. The van der Waals surface area contributed by atoms with Crippen molar-refractivity contribution >= 4 is 11.7 Å². The SMILES string of the molecule is CN(C)c1ccnc(C(=O)O)c1OC1CC1.